The highest BCUT2D eigenvalue weighted by atomic mass is 35.5. The van der Waals surface area contributed by atoms with Gasteiger partial charge in [-0.05, 0) is 110 Å². The van der Waals surface area contributed by atoms with Gasteiger partial charge in [0.15, 0.2) is 11.5 Å². The number of amides is 1. The summed E-state index contributed by atoms with van der Waals surface area (Å²) in [6.45, 7) is 6.96. The number of rotatable bonds is 21. The maximum absolute atomic E-state index is 13.3. The van der Waals surface area contributed by atoms with Gasteiger partial charge in [-0.25, -0.2) is 4.39 Å². The SMILES string of the molecule is COc1cc2c(cc1OC)C(CCCCNC(C)C)(CCCC(CCCNC(=O)CCc1ccc(F)cc1)(c1ccccc1)c1ccccc1)NCC2.Cl.Cl. The van der Waals surface area contributed by atoms with E-state index in [1.54, 1.807) is 26.4 Å². The molecule has 0 saturated heterocycles. The number of hydrogen-bond acceptors (Lipinski definition) is 5. The highest BCUT2D eigenvalue weighted by molar-refractivity contribution is 5.85. The zero-order valence-corrected chi connectivity index (χ0v) is 34.8. The average Bonchev–Trinajstić information content (AvgIpc) is 3.18. The van der Waals surface area contributed by atoms with Gasteiger partial charge in [0, 0.05) is 36.5 Å². The number of nitrogens with one attached hydrogen (secondary N) is 3. The van der Waals surface area contributed by atoms with E-state index >= 15 is 0 Å². The number of methoxy groups -OCH3 is 2. The van der Waals surface area contributed by atoms with Crippen LogP contribution in [0.2, 0.25) is 0 Å². The Balaban J connectivity index is 0.00000406. The van der Waals surface area contributed by atoms with E-state index in [0.717, 1.165) is 87.9 Å². The maximum atomic E-state index is 13.3. The van der Waals surface area contributed by atoms with Gasteiger partial charge in [-0.2, -0.15) is 0 Å². The Morgan fingerprint density at radius 3 is 2.02 bits per heavy atom. The Kier molecular flexibility index (Phi) is 19.0. The first-order valence-corrected chi connectivity index (χ1v) is 19.6. The van der Waals surface area contributed by atoms with Gasteiger partial charge in [-0.3, -0.25) is 4.79 Å². The molecule has 0 bridgehead atoms. The Morgan fingerprint density at radius 2 is 1.40 bits per heavy atom. The fraction of sp³-hybridized carbons (Fsp3) is 0.457. The van der Waals surface area contributed by atoms with Gasteiger partial charge >= 0.3 is 0 Å². The lowest BCUT2D eigenvalue weighted by atomic mass is 9.67. The largest absolute Gasteiger partial charge is 0.493 e. The van der Waals surface area contributed by atoms with Crippen LogP contribution in [0.4, 0.5) is 4.39 Å². The van der Waals surface area contributed by atoms with Crippen LogP contribution in [0.1, 0.15) is 99.5 Å². The van der Waals surface area contributed by atoms with Crippen molar-refractivity contribution in [1.29, 1.82) is 0 Å². The first kappa shape index (κ1) is 45.8. The van der Waals surface area contributed by atoms with Gasteiger partial charge in [0.2, 0.25) is 5.91 Å². The molecule has 6 nitrogen and oxygen atoms in total. The van der Waals surface area contributed by atoms with Crippen LogP contribution in [0, 0.1) is 5.82 Å². The summed E-state index contributed by atoms with van der Waals surface area (Å²) in [5.41, 5.74) is 5.87. The van der Waals surface area contributed by atoms with Crippen molar-refractivity contribution in [2.24, 2.45) is 0 Å². The third-order valence-corrected chi connectivity index (χ3v) is 11.1. The fourth-order valence-corrected chi connectivity index (χ4v) is 8.31. The van der Waals surface area contributed by atoms with Crippen molar-refractivity contribution < 1.29 is 18.7 Å². The predicted octanol–water partition coefficient (Wildman–Crippen LogP) is 9.88. The number of carbonyl (C=O) groups excluding carboxylic acids is 1. The number of hydrogen-bond donors (Lipinski definition) is 3. The Morgan fingerprint density at radius 1 is 0.800 bits per heavy atom. The summed E-state index contributed by atoms with van der Waals surface area (Å²) in [4.78, 5) is 12.9. The Hall–Kier alpha value is -3.62. The minimum absolute atomic E-state index is 0. The zero-order valence-electron chi connectivity index (χ0n) is 33.1. The van der Waals surface area contributed by atoms with Gasteiger partial charge < -0.3 is 25.4 Å². The molecule has 1 aliphatic heterocycles. The van der Waals surface area contributed by atoms with E-state index in [2.05, 4.69) is 103 Å². The molecule has 0 radical (unpaired) electrons. The van der Waals surface area contributed by atoms with Crippen LogP contribution in [-0.4, -0.2) is 45.8 Å². The molecule has 9 heteroatoms. The van der Waals surface area contributed by atoms with E-state index in [-0.39, 0.29) is 47.5 Å². The molecule has 0 aromatic heterocycles. The molecule has 3 N–H and O–H groups in total. The van der Waals surface area contributed by atoms with Crippen LogP contribution < -0.4 is 25.4 Å². The lowest BCUT2D eigenvalue weighted by Crippen LogP contribution is -2.47. The minimum Gasteiger partial charge on any atom is -0.493 e. The average molecular weight is 795 g/mol. The molecule has 0 saturated carbocycles. The molecule has 0 aliphatic carbocycles. The van der Waals surface area contributed by atoms with Crippen molar-refractivity contribution in [3.8, 4) is 11.5 Å². The van der Waals surface area contributed by atoms with E-state index in [9.17, 15) is 9.18 Å². The molecule has 0 fully saturated rings. The standard InChI is InChI=1S/C46H60FN3O3.2ClH/c1-35(2)48-30-12-11-28-46(41-34-43(53-4)42(52-3)33-37(41)25-32-50-46)29-13-26-45(38-15-7-5-8-16-38,39-17-9-6-10-18-39)27-14-31-49-44(51)24-21-36-19-22-40(47)23-20-36;;/h5-10,15-20,22-23,33-35,48,50H,11-14,21,24-32H2,1-4H3,(H,49,51);2*1H. The van der Waals surface area contributed by atoms with Gasteiger partial charge in [-0.1, -0.05) is 99.5 Å². The highest BCUT2D eigenvalue weighted by Gasteiger charge is 2.39. The molecule has 55 heavy (non-hydrogen) atoms. The molecule has 4 aromatic carbocycles. The van der Waals surface area contributed by atoms with Crippen LogP contribution in [0.3, 0.4) is 0 Å². The van der Waals surface area contributed by atoms with Gasteiger partial charge in [-0.15, -0.1) is 24.8 Å². The number of aryl methyl sites for hydroxylation is 1. The molecule has 1 heterocycles. The second-order valence-corrected chi connectivity index (χ2v) is 14.9. The third kappa shape index (κ3) is 12.4. The van der Waals surface area contributed by atoms with E-state index in [0.29, 0.717) is 25.4 Å². The summed E-state index contributed by atoms with van der Waals surface area (Å²) < 4.78 is 24.9. The quantitative estimate of drug-likeness (QED) is 0.0734. The summed E-state index contributed by atoms with van der Waals surface area (Å²) in [5, 5.41) is 10.8. The van der Waals surface area contributed by atoms with Crippen molar-refractivity contribution >= 4 is 30.7 Å². The summed E-state index contributed by atoms with van der Waals surface area (Å²) in [5.74, 6) is 1.34. The minimum atomic E-state index is -0.260. The summed E-state index contributed by atoms with van der Waals surface area (Å²) >= 11 is 0. The van der Waals surface area contributed by atoms with Crippen molar-refractivity contribution in [3.05, 3.63) is 131 Å². The van der Waals surface area contributed by atoms with E-state index in [1.807, 2.05) is 0 Å². The van der Waals surface area contributed by atoms with Crippen LogP contribution in [0.5, 0.6) is 11.5 Å². The Bertz CT molecular complexity index is 1670. The molecule has 1 aliphatic rings. The second kappa shape index (κ2) is 22.8. The van der Waals surface area contributed by atoms with Crippen LogP contribution in [0.25, 0.3) is 0 Å². The first-order chi connectivity index (χ1) is 25.8. The number of benzene rings is 4. The van der Waals surface area contributed by atoms with Crippen molar-refractivity contribution in [2.45, 2.75) is 101 Å². The molecule has 1 unspecified atom stereocenters. The topological polar surface area (TPSA) is 71.6 Å². The number of ether oxygens (including phenoxy) is 2. The number of unbranched alkanes of at least 4 members (excludes halogenated alkanes) is 1. The molecular weight excluding hydrogens is 732 g/mol. The van der Waals surface area contributed by atoms with Crippen LogP contribution in [0.15, 0.2) is 97.1 Å². The van der Waals surface area contributed by atoms with Crippen LogP contribution in [-0.2, 0) is 28.6 Å². The fourth-order valence-electron chi connectivity index (χ4n) is 8.31. The molecule has 5 rings (SSSR count). The van der Waals surface area contributed by atoms with Gasteiger partial charge in [0.25, 0.3) is 0 Å². The van der Waals surface area contributed by atoms with Gasteiger partial charge in [0.05, 0.1) is 14.2 Å². The van der Waals surface area contributed by atoms with E-state index < -0.39 is 0 Å². The molecule has 1 atom stereocenters. The molecular formula is C46H62Cl2FN3O3. The van der Waals surface area contributed by atoms with Crippen molar-refractivity contribution in [2.75, 3.05) is 33.9 Å². The first-order valence-electron chi connectivity index (χ1n) is 19.6. The van der Waals surface area contributed by atoms with E-state index in [4.69, 9.17) is 9.47 Å². The maximum Gasteiger partial charge on any atom is 0.220 e. The molecule has 300 valence electrons. The van der Waals surface area contributed by atoms with Crippen LogP contribution >= 0.6 is 24.8 Å². The monoisotopic (exact) mass is 793 g/mol. The Labute approximate surface area is 341 Å². The molecule has 1 amide bonds. The second-order valence-electron chi connectivity index (χ2n) is 14.9. The number of carbonyl (C=O) groups is 1. The predicted molar refractivity (Wildman–Crippen MR) is 229 cm³/mol. The lowest BCUT2D eigenvalue weighted by Gasteiger charge is -2.43. The summed E-state index contributed by atoms with van der Waals surface area (Å²) in [6.07, 6.45) is 9.95. The molecule has 0 spiro atoms. The number of halogens is 3. The van der Waals surface area contributed by atoms with Gasteiger partial charge in [0.1, 0.15) is 5.82 Å². The third-order valence-electron chi connectivity index (χ3n) is 11.1. The normalized spacial score (nSPS) is 15.0. The zero-order chi connectivity index (χ0) is 37.5. The smallest absolute Gasteiger partial charge is 0.220 e. The van der Waals surface area contributed by atoms with Crippen molar-refractivity contribution in [1.82, 2.24) is 16.0 Å². The number of fused-ring (bicyclic) bond motifs is 1. The lowest BCUT2D eigenvalue weighted by molar-refractivity contribution is -0.121. The van der Waals surface area contributed by atoms with E-state index in [1.165, 1.54) is 34.4 Å². The summed E-state index contributed by atoms with van der Waals surface area (Å²) in [6, 6.07) is 33.2. The highest BCUT2D eigenvalue weighted by Crippen LogP contribution is 2.46. The molecule has 4 aromatic rings. The van der Waals surface area contributed by atoms with Crippen molar-refractivity contribution in [3.63, 3.8) is 0 Å². The summed E-state index contributed by atoms with van der Waals surface area (Å²) in [7, 11) is 3.44.